The predicted octanol–water partition coefficient (Wildman–Crippen LogP) is -0.638. The maximum Gasteiger partial charge on any atom is 1.00 e. The number of nitrogens with zero attached hydrogens (tertiary/aromatic N) is 2. The molecule has 8 heteroatoms. The molecular formula is C8H6BF3KN3. The van der Waals surface area contributed by atoms with Gasteiger partial charge in [0, 0.05) is 0 Å². The van der Waals surface area contributed by atoms with E-state index in [4.69, 9.17) is 0 Å². The van der Waals surface area contributed by atoms with Gasteiger partial charge in [0.2, 0.25) is 0 Å². The van der Waals surface area contributed by atoms with Crippen molar-refractivity contribution in [2.24, 2.45) is 0 Å². The van der Waals surface area contributed by atoms with E-state index in [1.807, 2.05) is 0 Å². The second kappa shape index (κ2) is 5.46. The molecule has 1 heterocycles. The molecule has 1 N–H and O–H groups in total. The van der Waals surface area contributed by atoms with Crippen molar-refractivity contribution in [2.75, 3.05) is 0 Å². The van der Waals surface area contributed by atoms with Crippen LogP contribution in [0.4, 0.5) is 12.9 Å². The van der Waals surface area contributed by atoms with Crippen LogP contribution in [0.15, 0.2) is 24.2 Å². The topological polar surface area (TPSA) is 41.6 Å². The number of fused-ring (bicyclic) bond motifs is 1. The summed E-state index contributed by atoms with van der Waals surface area (Å²) in [5.74, 6) is 0.251. The van der Waals surface area contributed by atoms with E-state index in [9.17, 15) is 12.9 Å². The van der Waals surface area contributed by atoms with E-state index < -0.39 is 6.98 Å². The Morgan fingerprint density at radius 1 is 1.12 bits per heavy atom. The van der Waals surface area contributed by atoms with E-state index in [1.165, 1.54) is 6.07 Å². The molecule has 0 radical (unpaired) electrons. The van der Waals surface area contributed by atoms with E-state index in [2.05, 4.69) is 15.4 Å². The first kappa shape index (κ1) is 13.9. The third kappa shape index (κ3) is 3.70. The number of aromatic amines is 1. The van der Waals surface area contributed by atoms with E-state index in [-0.39, 0.29) is 57.4 Å². The van der Waals surface area contributed by atoms with Crippen LogP contribution in [0.1, 0.15) is 5.56 Å². The van der Waals surface area contributed by atoms with Crippen LogP contribution >= 0.6 is 0 Å². The van der Waals surface area contributed by atoms with Crippen molar-refractivity contribution in [2.45, 2.75) is 0 Å². The zero-order valence-corrected chi connectivity index (χ0v) is 11.6. The fourth-order valence-electron chi connectivity index (χ4n) is 1.18. The maximum absolute atomic E-state index is 11.9. The molecule has 0 aliphatic heterocycles. The third-order valence-corrected chi connectivity index (χ3v) is 1.85. The number of hydrogen-bond donors (Lipinski definition) is 1. The summed E-state index contributed by atoms with van der Waals surface area (Å²) in [5, 5.41) is 9.96. The predicted molar refractivity (Wildman–Crippen MR) is 52.0 cm³/mol. The molecule has 78 valence electrons. The van der Waals surface area contributed by atoms with Crippen molar-refractivity contribution in [3.8, 4) is 0 Å². The van der Waals surface area contributed by atoms with Crippen molar-refractivity contribution in [1.82, 2.24) is 15.4 Å². The number of benzene rings is 1. The van der Waals surface area contributed by atoms with Gasteiger partial charge in [-0.1, -0.05) is 12.1 Å². The summed E-state index contributed by atoms with van der Waals surface area (Å²) in [6.07, 6.45) is 1.02. The Balaban J connectivity index is 0.00000128. The molecule has 1 aromatic carbocycles. The molecule has 0 fully saturated rings. The zero-order valence-electron chi connectivity index (χ0n) is 8.49. The summed E-state index contributed by atoms with van der Waals surface area (Å²) < 4.78 is 35.8. The normalized spacial score (nSPS) is 11.9. The van der Waals surface area contributed by atoms with Gasteiger partial charge in [0.15, 0.2) is 0 Å². The van der Waals surface area contributed by atoms with E-state index in [0.29, 0.717) is 16.6 Å². The SMILES string of the molecule is F[B-](F)(F)/C=C/c1ccc2n[nH]nc2c1.[K+]. The second-order valence-electron chi connectivity index (χ2n) is 3.06. The van der Waals surface area contributed by atoms with Gasteiger partial charge >= 0.3 is 58.4 Å². The molecule has 0 spiro atoms. The number of hydrogen-bond acceptors (Lipinski definition) is 2. The molecule has 0 atom stereocenters. The Kier molecular flexibility index (Phi) is 4.75. The van der Waals surface area contributed by atoms with Crippen molar-refractivity contribution < 1.29 is 64.3 Å². The van der Waals surface area contributed by atoms with Crippen molar-refractivity contribution in [3.63, 3.8) is 0 Å². The van der Waals surface area contributed by atoms with Gasteiger partial charge in [0.1, 0.15) is 11.0 Å². The molecule has 2 rings (SSSR count). The number of H-pyrrole nitrogens is 1. The van der Waals surface area contributed by atoms with Gasteiger partial charge in [-0.2, -0.15) is 15.4 Å². The average molecular weight is 251 g/mol. The fourth-order valence-corrected chi connectivity index (χ4v) is 1.18. The monoisotopic (exact) mass is 251 g/mol. The third-order valence-electron chi connectivity index (χ3n) is 1.85. The Morgan fingerprint density at radius 2 is 1.81 bits per heavy atom. The Hall–Kier alpha value is -0.149. The summed E-state index contributed by atoms with van der Waals surface area (Å²) >= 11 is 0. The van der Waals surface area contributed by atoms with E-state index >= 15 is 0 Å². The number of rotatable bonds is 2. The zero-order chi connectivity index (χ0) is 10.9. The van der Waals surface area contributed by atoms with Crippen LogP contribution in [0.2, 0.25) is 0 Å². The van der Waals surface area contributed by atoms with Gasteiger partial charge in [0.05, 0.1) is 0 Å². The second-order valence-corrected chi connectivity index (χ2v) is 3.06. The first-order chi connectivity index (χ1) is 7.04. The molecule has 2 aromatic rings. The Labute approximate surface area is 132 Å². The van der Waals surface area contributed by atoms with Crippen LogP contribution in [-0.2, 0) is 0 Å². The average Bonchev–Trinajstić information content (AvgIpc) is 2.60. The van der Waals surface area contributed by atoms with Gasteiger partial charge < -0.3 is 12.9 Å². The van der Waals surface area contributed by atoms with Crippen LogP contribution in [0.25, 0.3) is 17.1 Å². The molecule has 0 saturated carbocycles. The summed E-state index contributed by atoms with van der Waals surface area (Å²) in [7, 11) is 0. The molecule has 0 bridgehead atoms. The first-order valence-corrected chi connectivity index (χ1v) is 4.24. The summed E-state index contributed by atoms with van der Waals surface area (Å²) in [5.41, 5.74) is 1.63. The van der Waals surface area contributed by atoms with E-state index in [0.717, 1.165) is 6.08 Å². The number of halogens is 3. The van der Waals surface area contributed by atoms with Gasteiger partial charge in [-0.05, 0) is 17.7 Å². The van der Waals surface area contributed by atoms with E-state index in [1.54, 1.807) is 12.1 Å². The molecule has 0 saturated heterocycles. The summed E-state index contributed by atoms with van der Waals surface area (Å²) in [6, 6.07) is 4.71. The molecule has 0 unspecified atom stereocenters. The molecule has 3 nitrogen and oxygen atoms in total. The molecule has 0 amide bonds. The largest absolute Gasteiger partial charge is 1.00 e. The fraction of sp³-hybridized carbons (Fsp3) is 0. The Morgan fingerprint density at radius 3 is 2.50 bits per heavy atom. The minimum absolute atomic E-state index is 0. The smallest absolute Gasteiger partial charge is 0.445 e. The minimum Gasteiger partial charge on any atom is -0.445 e. The van der Waals surface area contributed by atoms with Gasteiger partial charge in [-0.25, -0.2) is 0 Å². The van der Waals surface area contributed by atoms with Crippen LogP contribution in [0.3, 0.4) is 0 Å². The molecular weight excluding hydrogens is 245 g/mol. The number of aromatic nitrogens is 3. The minimum atomic E-state index is -4.89. The van der Waals surface area contributed by atoms with Gasteiger partial charge in [-0.15, -0.1) is 5.98 Å². The van der Waals surface area contributed by atoms with Crippen LogP contribution < -0.4 is 51.4 Å². The standard InChI is InChI=1S/C8H6BF3N3.K/c10-9(11,12)4-3-6-1-2-7-8(5-6)14-15-13-7;/h1-5H,(H,13,14,15);/q-1;+1/b4-3+;. The van der Waals surface area contributed by atoms with Crippen LogP contribution in [0.5, 0.6) is 0 Å². The molecule has 0 aliphatic carbocycles. The summed E-state index contributed by atoms with van der Waals surface area (Å²) in [6.45, 7) is -4.89. The van der Waals surface area contributed by atoms with Crippen molar-refractivity contribution in [3.05, 3.63) is 29.7 Å². The first-order valence-electron chi connectivity index (χ1n) is 4.24. The van der Waals surface area contributed by atoms with Crippen LogP contribution in [-0.4, -0.2) is 22.4 Å². The maximum atomic E-state index is 11.9. The quantitative estimate of drug-likeness (QED) is 0.721. The molecule has 16 heavy (non-hydrogen) atoms. The van der Waals surface area contributed by atoms with Gasteiger partial charge in [-0.3, -0.25) is 0 Å². The Bertz CT molecular complexity index is 508. The van der Waals surface area contributed by atoms with Crippen molar-refractivity contribution in [1.29, 1.82) is 0 Å². The number of nitrogens with one attached hydrogen (secondary N) is 1. The summed E-state index contributed by atoms with van der Waals surface area (Å²) in [4.78, 5) is 0. The molecule has 0 aliphatic rings. The van der Waals surface area contributed by atoms with Crippen LogP contribution in [0, 0.1) is 0 Å². The molecule has 1 aromatic heterocycles. The van der Waals surface area contributed by atoms with Gasteiger partial charge in [0.25, 0.3) is 0 Å². The van der Waals surface area contributed by atoms with Crippen molar-refractivity contribution >= 4 is 24.1 Å².